The van der Waals surface area contributed by atoms with E-state index in [2.05, 4.69) is 15.3 Å². The molecular weight excluding hydrogens is 342 g/mol. The standard InChI is InChI=1S/C18H12ClN3O3/c1-10-6-8-24-15(10)17(23)21-11-4-5-13(19)12(9-11)18-22-16-14(25-18)3-2-7-20-16/h2-9H,1H3,(H,21,23). The van der Waals surface area contributed by atoms with Gasteiger partial charge in [0.05, 0.1) is 16.8 Å². The number of hydrogen-bond acceptors (Lipinski definition) is 5. The fraction of sp³-hybridized carbons (Fsp3) is 0.0556. The van der Waals surface area contributed by atoms with Crippen LogP contribution >= 0.6 is 11.6 Å². The Morgan fingerprint density at radius 3 is 2.88 bits per heavy atom. The van der Waals surface area contributed by atoms with Crippen LogP contribution < -0.4 is 5.32 Å². The maximum absolute atomic E-state index is 12.3. The number of rotatable bonds is 3. The third-order valence-electron chi connectivity index (χ3n) is 3.69. The van der Waals surface area contributed by atoms with Gasteiger partial charge in [-0.15, -0.1) is 0 Å². The Bertz CT molecular complexity index is 1050. The number of hydrogen-bond donors (Lipinski definition) is 1. The Morgan fingerprint density at radius 1 is 1.24 bits per heavy atom. The summed E-state index contributed by atoms with van der Waals surface area (Å²) in [5, 5.41) is 3.24. The fourth-order valence-electron chi connectivity index (χ4n) is 2.44. The average Bonchev–Trinajstić information content (AvgIpc) is 3.22. The van der Waals surface area contributed by atoms with E-state index < -0.39 is 0 Å². The number of aryl methyl sites for hydroxylation is 1. The first-order valence-electron chi connectivity index (χ1n) is 7.49. The number of anilines is 1. The van der Waals surface area contributed by atoms with Crippen LogP contribution in [0, 0.1) is 6.92 Å². The molecule has 0 aliphatic rings. The predicted octanol–water partition coefficient (Wildman–Crippen LogP) is 4.70. The number of fused-ring (bicyclic) bond motifs is 1. The van der Waals surface area contributed by atoms with Crippen molar-refractivity contribution in [2.75, 3.05) is 5.32 Å². The molecule has 1 N–H and O–H groups in total. The summed E-state index contributed by atoms with van der Waals surface area (Å²) in [7, 11) is 0. The lowest BCUT2D eigenvalue weighted by Crippen LogP contribution is -2.12. The first-order valence-corrected chi connectivity index (χ1v) is 7.86. The summed E-state index contributed by atoms with van der Waals surface area (Å²) in [6, 6.07) is 10.3. The normalized spacial score (nSPS) is 11.0. The largest absolute Gasteiger partial charge is 0.459 e. The van der Waals surface area contributed by atoms with E-state index in [0.29, 0.717) is 33.4 Å². The maximum atomic E-state index is 12.3. The molecule has 1 amide bonds. The third-order valence-corrected chi connectivity index (χ3v) is 4.02. The molecule has 0 spiro atoms. The quantitative estimate of drug-likeness (QED) is 0.577. The number of halogens is 1. The van der Waals surface area contributed by atoms with Crippen LogP contribution in [0.5, 0.6) is 0 Å². The lowest BCUT2D eigenvalue weighted by Gasteiger charge is -2.06. The molecule has 0 radical (unpaired) electrons. The molecule has 0 unspecified atom stereocenters. The van der Waals surface area contributed by atoms with Gasteiger partial charge in [0.25, 0.3) is 5.91 Å². The molecule has 0 aliphatic carbocycles. The fourth-order valence-corrected chi connectivity index (χ4v) is 2.64. The molecule has 0 fully saturated rings. The molecule has 0 atom stereocenters. The zero-order chi connectivity index (χ0) is 17.4. The topological polar surface area (TPSA) is 81.2 Å². The smallest absolute Gasteiger partial charge is 0.291 e. The highest BCUT2D eigenvalue weighted by molar-refractivity contribution is 6.33. The molecule has 3 heterocycles. The van der Waals surface area contributed by atoms with Crippen molar-refractivity contribution < 1.29 is 13.6 Å². The van der Waals surface area contributed by atoms with Crippen molar-refractivity contribution in [3.8, 4) is 11.5 Å². The number of carbonyl (C=O) groups is 1. The van der Waals surface area contributed by atoms with E-state index in [1.807, 2.05) is 0 Å². The molecule has 0 saturated heterocycles. The number of amides is 1. The van der Waals surface area contributed by atoms with Crippen LogP contribution in [0.25, 0.3) is 22.7 Å². The van der Waals surface area contributed by atoms with Crippen LogP contribution in [0.15, 0.2) is 57.7 Å². The van der Waals surface area contributed by atoms with Gasteiger partial charge in [0.1, 0.15) is 0 Å². The van der Waals surface area contributed by atoms with Crippen molar-refractivity contribution in [3.63, 3.8) is 0 Å². The van der Waals surface area contributed by atoms with Crippen LogP contribution in [-0.4, -0.2) is 15.9 Å². The summed E-state index contributed by atoms with van der Waals surface area (Å²) in [6.45, 7) is 1.80. The van der Waals surface area contributed by atoms with Crippen molar-refractivity contribution in [1.29, 1.82) is 0 Å². The van der Waals surface area contributed by atoms with E-state index in [4.69, 9.17) is 20.4 Å². The minimum atomic E-state index is -0.338. The van der Waals surface area contributed by atoms with Gasteiger partial charge in [0.15, 0.2) is 17.0 Å². The minimum absolute atomic E-state index is 0.266. The first-order chi connectivity index (χ1) is 12.1. The average molecular weight is 354 g/mol. The van der Waals surface area contributed by atoms with E-state index in [0.717, 1.165) is 5.56 Å². The number of nitrogens with zero attached hydrogens (tertiary/aromatic N) is 2. The number of aromatic nitrogens is 2. The Kier molecular flexibility index (Phi) is 3.74. The van der Waals surface area contributed by atoms with Crippen molar-refractivity contribution in [2.45, 2.75) is 6.92 Å². The highest BCUT2D eigenvalue weighted by Gasteiger charge is 2.16. The van der Waals surface area contributed by atoms with Gasteiger partial charge in [-0.3, -0.25) is 4.79 Å². The Hall–Kier alpha value is -3.12. The second-order valence-corrected chi connectivity index (χ2v) is 5.83. The Balaban J connectivity index is 1.69. The van der Waals surface area contributed by atoms with Gasteiger partial charge in [-0.1, -0.05) is 11.6 Å². The molecule has 6 nitrogen and oxygen atoms in total. The van der Waals surface area contributed by atoms with Crippen molar-refractivity contribution in [2.24, 2.45) is 0 Å². The molecule has 0 bridgehead atoms. The van der Waals surface area contributed by atoms with Gasteiger partial charge in [0.2, 0.25) is 5.89 Å². The summed E-state index contributed by atoms with van der Waals surface area (Å²) in [4.78, 5) is 20.8. The van der Waals surface area contributed by atoms with Crippen molar-refractivity contribution >= 4 is 34.4 Å². The van der Waals surface area contributed by atoms with Gasteiger partial charge in [-0.25, -0.2) is 4.98 Å². The number of oxazole rings is 1. The number of pyridine rings is 1. The highest BCUT2D eigenvalue weighted by Crippen LogP contribution is 2.32. The number of nitrogens with one attached hydrogen (secondary N) is 1. The lowest BCUT2D eigenvalue weighted by molar-refractivity contribution is 0.0996. The molecule has 0 saturated carbocycles. The third kappa shape index (κ3) is 2.88. The van der Waals surface area contributed by atoms with Gasteiger partial charge in [0, 0.05) is 17.4 Å². The molecular formula is C18H12ClN3O3. The Labute approximate surface area is 147 Å². The summed E-state index contributed by atoms with van der Waals surface area (Å²) in [5.74, 6) is 0.265. The summed E-state index contributed by atoms with van der Waals surface area (Å²) < 4.78 is 10.9. The molecule has 7 heteroatoms. The minimum Gasteiger partial charge on any atom is -0.459 e. The number of furan rings is 1. The second-order valence-electron chi connectivity index (χ2n) is 5.43. The molecule has 1 aromatic carbocycles. The van der Waals surface area contributed by atoms with Crippen molar-refractivity contribution in [3.05, 3.63) is 65.2 Å². The summed E-state index contributed by atoms with van der Waals surface area (Å²) >= 11 is 6.27. The summed E-state index contributed by atoms with van der Waals surface area (Å²) in [5.41, 5.74) is 2.93. The maximum Gasteiger partial charge on any atom is 0.291 e. The van der Waals surface area contributed by atoms with Crippen LogP contribution in [-0.2, 0) is 0 Å². The van der Waals surface area contributed by atoms with Gasteiger partial charge >= 0.3 is 0 Å². The van der Waals surface area contributed by atoms with Gasteiger partial charge < -0.3 is 14.2 Å². The summed E-state index contributed by atoms with van der Waals surface area (Å²) in [6.07, 6.45) is 3.11. The SMILES string of the molecule is Cc1ccoc1C(=O)Nc1ccc(Cl)c(-c2nc3ncccc3o2)c1. The van der Waals surface area contributed by atoms with E-state index in [9.17, 15) is 4.79 Å². The molecule has 4 aromatic rings. The number of benzene rings is 1. The molecule has 4 rings (SSSR count). The lowest BCUT2D eigenvalue weighted by atomic mass is 10.2. The first kappa shape index (κ1) is 15.4. The molecule has 0 aliphatic heterocycles. The van der Waals surface area contributed by atoms with Crippen molar-refractivity contribution in [1.82, 2.24) is 9.97 Å². The van der Waals surface area contributed by atoms with Crippen LogP contribution in [0.4, 0.5) is 5.69 Å². The second kappa shape index (κ2) is 6.07. The molecule has 124 valence electrons. The zero-order valence-corrected chi connectivity index (χ0v) is 13.9. The molecule has 3 aromatic heterocycles. The van der Waals surface area contributed by atoms with Crippen LogP contribution in [0.1, 0.15) is 16.1 Å². The van der Waals surface area contributed by atoms with Gasteiger partial charge in [-0.05, 0) is 43.3 Å². The van der Waals surface area contributed by atoms with E-state index in [-0.39, 0.29) is 11.7 Å². The molecule has 25 heavy (non-hydrogen) atoms. The highest BCUT2D eigenvalue weighted by atomic mass is 35.5. The number of carbonyl (C=O) groups excluding carboxylic acids is 1. The monoisotopic (exact) mass is 353 g/mol. The van der Waals surface area contributed by atoms with Crippen LogP contribution in [0.3, 0.4) is 0 Å². The predicted molar refractivity (Wildman–Crippen MR) is 93.6 cm³/mol. The van der Waals surface area contributed by atoms with E-state index in [1.54, 1.807) is 49.5 Å². The van der Waals surface area contributed by atoms with E-state index in [1.165, 1.54) is 6.26 Å². The zero-order valence-electron chi connectivity index (χ0n) is 13.1. The Morgan fingerprint density at radius 2 is 2.12 bits per heavy atom. The van der Waals surface area contributed by atoms with Gasteiger partial charge in [-0.2, -0.15) is 4.98 Å². The van der Waals surface area contributed by atoms with Crippen LogP contribution in [0.2, 0.25) is 5.02 Å². The van der Waals surface area contributed by atoms with E-state index >= 15 is 0 Å².